The van der Waals surface area contributed by atoms with Gasteiger partial charge in [0.2, 0.25) is 0 Å². The number of hydrogen-bond donors (Lipinski definition) is 0. The van der Waals surface area contributed by atoms with Crippen molar-refractivity contribution in [3.05, 3.63) is 0 Å². The predicted molar refractivity (Wildman–Crippen MR) is 56.3 cm³/mol. The Balaban J connectivity index is 1.81. The lowest BCUT2D eigenvalue weighted by atomic mass is 10.2. The van der Waals surface area contributed by atoms with Crippen LogP contribution >= 0.6 is 0 Å². The lowest BCUT2D eigenvalue weighted by Gasteiger charge is -2.25. The molecule has 2 saturated heterocycles. The van der Waals surface area contributed by atoms with Crippen molar-refractivity contribution in [2.75, 3.05) is 32.7 Å². The molecule has 0 aromatic rings. The summed E-state index contributed by atoms with van der Waals surface area (Å²) in [6, 6.07) is 0.510. The molecule has 2 aliphatic rings. The maximum absolute atomic E-state index is 12.1. The maximum Gasteiger partial charge on any atom is 0.390 e. The maximum atomic E-state index is 12.1. The third-order valence-electron chi connectivity index (χ3n) is 3.60. The fourth-order valence-corrected chi connectivity index (χ4v) is 2.77. The molecule has 16 heavy (non-hydrogen) atoms. The Labute approximate surface area is 94.4 Å². The monoisotopic (exact) mass is 236 g/mol. The Morgan fingerprint density at radius 1 is 1.06 bits per heavy atom. The van der Waals surface area contributed by atoms with Crippen LogP contribution in [0.4, 0.5) is 13.2 Å². The summed E-state index contributed by atoms with van der Waals surface area (Å²) in [6.07, 6.45) is -1.31. The van der Waals surface area contributed by atoms with Crippen LogP contribution in [0, 0.1) is 0 Å². The van der Waals surface area contributed by atoms with E-state index in [0.29, 0.717) is 6.04 Å². The number of alkyl halides is 3. The summed E-state index contributed by atoms with van der Waals surface area (Å²) < 4.78 is 36.4. The minimum atomic E-state index is -4.01. The highest BCUT2D eigenvalue weighted by molar-refractivity contribution is 4.85. The van der Waals surface area contributed by atoms with Crippen LogP contribution in [0.5, 0.6) is 0 Å². The fraction of sp³-hybridized carbons (Fsp3) is 1.00. The van der Waals surface area contributed by atoms with E-state index < -0.39 is 12.6 Å². The summed E-state index contributed by atoms with van der Waals surface area (Å²) in [7, 11) is 0. The molecule has 1 atom stereocenters. The quantitative estimate of drug-likeness (QED) is 0.724. The molecule has 5 heteroatoms. The lowest BCUT2D eigenvalue weighted by Crippen LogP contribution is -2.37. The van der Waals surface area contributed by atoms with Crippen LogP contribution in [-0.2, 0) is 0 Å². The molecule has 0 aliphatic carbocycles. The normalized spacial score (nSPS) is 29.1. The largest absolute Gasteiger partial charge is 0.390 e. The zero-order valence-electron chi connectivity index (χ0n) is 9.47. The zero-order chi connectivity index (χ0) is 11.6. The van der Waals surface area contributed by atoms with Gasteiger partial charge in [-0.1, -0.05) is 0 Å². The standard InChI is InChI=1S/C11H19F3N2/c12-11(13,14)4-8-15-5-2-7-16-6-1-3-10(16)9-15/h10H,1-9H2. The molecular formula is C11H19F3N2. The molecule has 0 aromatic heterocycles. The predicted octanol–water partition coefficient (Wildman–Crippen LogP) is 2.11. The van der Waals surface area contributed by atoms with Gasteiger partial charge in [-0.05, 0) is 38.9 Å². The zero-order valence-corrected chi connectivity index (χ0v) is 9.47. The fourth-order valence-electron chi connectivity index (χ4n) is 2.77. The minimum absolute atomic E-state index is 0.174. The molecule has 2 nitrogen and oxygen atoms in total. The Morgan fingerprint density at radius 2 is 1.81 bits per heavy atom. The van der Waals surface area contributed by atoms with Gasteiger partial charge in [0.05, 0.1) is 6.42 Å². The smallest absolute Gasteiger partial charge is 0.301 e. The van der Waals surface area contributed by atoms with E-state index in [0.717, 1.165) is 39.0 Å². The second-order valence-electron chi connectivity index (χ2n) is 4.85. The summed E-state index contributed by atoms with van der Waals surface area (Å²) >= 11 is 0. The van der Waals surface area contributed by atoms with E-state index in [1.165, 1.54) is 6.42 Å². The molecule has 2 rings (SSSR count). The van der Waals surface area contributed by atoms with Crippen molar-refractivity contribution in [2.24, 2.45) is 0 Å². The Bertz CT molecular complexity index is 230. The van der Waals surface area contributed by atoms with Crippen LogP contribution in [0.25, 0.3) is 0 Å². The van der Waals surface area contributed by atoms with Gasteiger partial charge in [0, 0.05) is 19.1 Å². The number of halogens is 3. The first-order chi connectivity index (χ1) is 7.54. The van der Waals surface area contributed by atoms with Crippen molar-refractivity contribution in [2.45, 2.75) is 37.9 Å². The first kappa shape index (κ1) is 12.2. The van der Waals surface area contributed by atoms with Gasteiger partial charge in [-0.25, -0.2) is 0 Å². The van der Waals surface area contributed by atoms with Crippen molar-refractivity contribution in [1.29, 1.82) is 0 Å². The highest BCUT2D eigenvalue weighted by atomic mass is 19.4. The highest BCUT2D eigenvalue weighted by Gasteiger charge is 2.31. The third-order valence-corrected chi connectivity index (χ3v) is 3.60. The second-order valence-corrected chi connectivity index (χ2v) is 4.85. The number of rotatable bonds is 2. The molecular weight excluding hydrogens is 217 g/mol. The summed E-state index contributed by atoms with van der Waals surface area (Å²) in [5, 5.41) is 0. The van der Waals surface area contributed by atoms with E-state index in [-0.39, 0.29) is 6.54 Å². The molecule has 94 valence electrons. The summed E-state index contributed by atoms with van der Waals surface area (Å²) in [5.74, 6) is 0. The molecule has 0 aromatic carbocycles. The van der Waals surface area contributed by atoms with Gasteiger partial charge in [0.1, 0.15) is 0 Å². The van der Waals surface area contributed by atoms with E-state index in [1.807, 2.05) is 4.90 Å². The summed E-state index contributed by atoms with van der Waals surface area (Å²) in [4.78, 5) is 4.43. The van der Waals surface area contributed by atoms with Crippen LogP contribution in [0.2, 0.25) is 0 Å². The Kier molecular flexibility index (Phi) is 3.74. The van der Waals surface area contributed by atoms with E-state index >= 15 is 0 Å². The van der Waals surface area contributed by atoms with Crippen molar-refractivity contribution < 1.29 is 13.2 Å². The molecule has 0 N–H and O–H groups in total. The summed E-state index contributed by atoms with van der Waals surface area (Å²) in [6.45, 7) is 4.03. The van der Waals surface area contributed by atoms with Crippen molar-refractivity contribution >= 4 is 0 Å². The van der Waals surface area contributed by atoms with Crippen LogP contribution in [0.3, 0.4) is 0 Å². The second kappa shape index (κ2) is 4.92. The third kappa shape index (κ3) is 3.35. The SMILES string of the molecule is FC(F)(F)CCN1CCCN2CCCC2C1. The average Bonchev–Trinajstić information content (AvgIpc) is 2.52. The van der Waals surface area contributed by atoms with Crippen molar-refractivity contribution in [3.8, 4) is 0 Å². The first-order valence-corrected chi connectivity index (χ1v) is 6.08. The topological polar surface area (TPSA) is 6.48 Å². The van der Waals surface area contributed by atoms with Gasteiger partial charge < -0.3 is 4.90 Å². The van der Waals surface area contributed by atoms with Crippen molar-refractivity contribution in [3.63, 3.8) is 0 Å². The van der Waals surface area contributed by atoms with Crippen LogP contribution in [0.1, 0.15) is 25.7 Å². The molecule has 0 saturated carbocycles. The first-order valence-electron chi connectivity index (χ1n) is 6.08. The Morgan fingerprint density at radius 3 is 2.56 bits per heavy atom. The molecule has 0 amide bonds. The molecule has 2 heterocycles. The molecule has 0 radical (unpaired) electrons. The van der Waals surface area contributed by atoms with E-state index in [1.54, 1.807) is 0 Å². The lowest BCUT2D eigenvalue weighted by molar-refractivity contribution is -0.138. The molecule has 1 unspecified atom stereocenters. The summed E-state index contributed by atoms with van der Waals surface area (Å²) in [5.41, 5.74) is 0. The minimum Gasteiger partial charge on any atom is -0.301 e. The van der Waals surface area contributed by atoms with E-state index in [4.69, 9.17) is 0 Å². The van der Waals surface area contributed by atoms with Gasteiger partial charge in [0.15, 0.2) is 0 Å². The van der Waals surface area contributed by atoms with Gasteiger partial charge in [-0.15, -0.1) is 0 Å². The van der Waals surface area contributed by atoms with Crippen LogP contribution < -0.4 is 0 Å². The highest BCUT2D eigenvalue weighted by Crippen LogP contribution is 2.24. The molecule has 2 aliphatic heterocycles. The van der Waals surface area contributed by atoms with Gasteiger partial charge in [0.25, 0.3) is 0 Å². The average molecular weight is 236 g/mol. The van der Waals surface area contributed by atoms with Gasteiger partial charge >= 0.3 is 6.18 Å². The van der Waals surface area contributed by atoms with E-state index in [2.05, 4.69) is 4.90 Å². The Hall–Kier alpha value is -0.290. The number of nitrogens with zero attached hydrogens (tertiary/aromatic N) is 2. The number of hydrogen-bond acceptors (Lipinski definition) is 2. The van der Waals surface area contributed by atoms with Crippen LogP contribution in [0.15, 0.2) is 0 Å². The van der Waals surface area contributed by atoms with Gasteiger partial charge in [-0.2, -0.15) is 13.2 Å². The van der Waals surface area contributed by atoms with Crippen molar-refractivity contribution in [1.82, 2.24) is 9.80 Å². The van der Waals surface area contributed by atoms with Crippen LogP contribution in [-0.4, -0.2) is 54.7 Å². The van der Waals surface area contributed by atoms with E-state index in [9.17, 15) is 13.2 Å². The molecule has 2 fully saturated rings. The molecule has 0 spiro atoms. The van der Waals surface area contributed by atoms with Gasteiger partial charge in [-0.3, -0.25) is 4.90 Å². The number of fused-ring (bicyclic) bond motifs is 1. The molecule has 0 bridgehead atoms.